The first-order valence-corrected chi connectivity index (χ1v) is 7.78. The van der Waals surface area contributed by atoms with Crippen LogP contribution in [-0.2, 0) is 0 Å². The van der Waals surface area contributed by atoms with Crippen molar-refractivity contribution in [1.82, 2.24) is 10.3 Å². The summed E-state index contributed by atoms with van der Waals surface area (Å²) >= 11 is 0. The maximum Gasteiger partial charge on any atom is 0.320 e. The van der Waals surface area contributed by atoms with Crippen LogP contribution >= 0.6 is 0 Å². The minimum atomic E-state index is -0.281. The van der Waals surface area contributed by atoms with Crippen LogP contribution in [0.15, 0.2) is 48.7 Å². The molecule has 2 aromatic carbocycles. The first-order chi connectivity index (χ1) is 11.6. The van der Waals surface area contributed by atoms with E-state index < -0.39 is 0 Å². The number of benzene rings is 2. The number of carbonyl (C=O) groups is 1. The number of hydrogen-bond donors (Lipinski definition) is 2. The lowest BCUT2D eigenvalue weighted by atomic mass is 9.98. The van der Waals surface area contributed by atoms with Gasteiger partial charge in [-0.25, -0.2) is 14.2 Å². The smallest absolute Gasteiger partial charge is 0.320 e. The third kappa shape index (κ3) is 3.35. The molecule has 3 aromatic rings. The zero-order chi connectivity index (χ0) is 17.1. The maximum atomic E-state index is 13.5. The maximum absolute atomic E-state index is 13.5. The van der Waals surface area contributed by atoms with E-state index in [1.165, 1.54) is 12.1 Å². The predicted molar refractivity (Wildman–Crippen MR) is 94.6 cm³/mol. The highest BCUT2D eigenvalue weighted by Crippen LogP contribution is 2.28. The van der Waals surface area contributed by atoms with E-state index in [2.05, 4.69) is 15.6 Å². The molecule has 0 spiro atoms. The zero-order valence-corrected chi connectivity index (χ0v) is 13.6. The number of nitrogens with one attached hydrogen (secondary N) is 2. The van der Waals surface area contributed by atoms with Crippen molar-refractivity contribution in [2.24, 2.45) is 0 Å². The van der Waals surface area contributed by atoms with Crippen LogP contribution in [0.5, 0.6) is 0 Å². The van der Waals surface area contributed by atoms with Gasteiger partial charge in [-0.2, -0.15) is 0 Å². The molecule has 0 saturated carbocycles. The van der Waals surface area contributed by atoms with Gasteiger partial charge in [-0.3, -0.25) is 5.32 Å². The highest BCUT2D eigenvalue weighted by Gasteiger charge is 2.07. The Balaban J connectivity index is 1.95. The van der Waals surface area contributed by atoms with Crippen LogP contribution in [0.1, 0.15) is 12.5 Å². The third-order valence-corrected chi connectivity index (χ3v) is 3.81. The molecule has 3 rings (SSSR count). The fourth-order valence-corrected chi connectivity index (χ4v) is 2.60. The van der Waals surface area contributed by atoms with Gasteiger partial charge in [0.2, 0.25) is 0 Å². The second kappa shape index (κ2) is 6.66. The summed E-state index contributed by atoms with van der Waals surface area (Å²) in [7, 11) is 0. The number of anilines is 1. The number of nitrogens with zero attached hydrogens (tertiary/aromatic N) is 1. The van der Waals surface area contributed by atoms with Gasteiger partial charge in [0.25, 0.3) is 0 Å². The number of carbonyl (C=O) groups excluding carboxylic acids is 1. The first kappa shape index (κ1) is 15.9. The Kier molecular flexibility index (Phi) is 4.42. The number of aryl methyl sites for hydroxylation is 1. The Morgan fingerprint density at radius 3 is 2.75 bits per heavy atom. The van der Waals surface area contributed by atoms with Crippen molar-refractivity contribution in [3.8, 4) is 11.1 Å². The van der Waals surface area contributed by atoms with Gasteiger partial charge in [0, 0.05) is 18.1 Å². The average molecular weight is 323 g/mol. The minimum absolute atomic E-state index is 0.254. The topological polar surface area (TPSA) is 54.0 Å². The molecule has 0 aliphatic heterocycles. The van der Waals surface area contributed by atoms with E-state index >= 15 is 0 Å². The SMILES string of the molecule is CCNC(=O)Nc1cc2ccc(-c3cc(F)ccc3C)cc2cn1. The van der Waals surface area contributed by atoms with Crippen molar-refractivity contribution >= 4 is 22.6 Å². The molecule has 5 heteroatoms. The highest BCUT2D eigenvalue weighted by molar-refractivity contribution is 5.93. The molecule has 0 bridgehead atoms. The number of hydrogen-bond acceptors (Lipinski definition) is 2. The predicted octanol–water partition coefficient (Wildman–Crippen LogP) is 4.49. The van der Waals surface area contributed by atoms with Gasteiger partial charge in [-0.05, 0) is 60.2 Å². The van der Waals surface area contributed by atoms with Gasteiger partial charge in [-0.15, -0.1) is 0 Å². The van der Waals surface area contributed by atoms with Crippen molar-refractivity contribution in [2.75, 3.05) is 11.9 Å². The van der Waals surface area contributed by atoms with E-state index in [4.69, 9.17) is 0 Å². The van der Waals surface area contributed by atoms with Crippen molar-refractivity contribution < 1.29 is 9.18 Å². The Morgan fingerprint density at radius 2 is 1.96 bits per heavy atom. The number of urea groups is 1. The molecule has 0 radical (unpaired) electrons. The molecule has 0 aliphatic rings. The van der Waals surface area contributed by atoms with Gasteiger partial charge in [0.05, 0.1) is 0 Å². The normalized spacial score (nSPS) is 10.6. The number of aromatic nitrogens is 1. The van der Waals surface area contributed by atoms with Crippen molar-refractivity contribution in [3.63, 3.8) is 0 Å². The second-order valence-corrected chi connectivity index (χ2v) is 5.58. The summed E-state index contributed by atoms with van der Waals surface area (Å²) in [6.45, 7) is 4.36. The van der Waals surface area contributed by atoms with Crippen LogP contribution in [0.3, 0.4) is 0 Å². The standard InChI is InChI=1S/C19H18FN3O/c1-3-21-19(24)23-18-9-13-5-6-14(8-15(13)11-22-18)17-10-16(20)7-4-12(17)2/h4-11H,3H2,1-2H3,(H2,21,22,23,24). The summed E-state index contributed by atoms with van der Waals surface area (Å²) in [6.07, 6.45) is 1.70. The molecule has 0 saturated heterocycles. The van der Waals surface area contributed by atoms with Crippen LogP contribution < -0.4 is 10.6 Å². The van der Waals surface area contributed by atoms with Gasteiger partial charge >= 0.3 is 6.03 Å². The van der Waals surface area contributed by atoms with E-state index in [0.29, 0.717) is 12.4 Å². The van der Waals surface area contributed by atoms with E-state index in [1.54, 1.807) is 12.3 Å². The Morgan fingerprint density at radius 1 is 1.12 bits per heavy atom. The minimum Gasteiger partial charge on any atom is -0.338 e. The molecule has 2 amide bonds. The van der Waals surface area contributed by atoms with Crippen LogP contribution in [0, 0.1) is 12.7 Å². The lowest BCUT2D eigenvalue weighted by Crippen LogP contribution is -2.28. The largest absolute Gasteiger partial charge is 0.338 e. The molecule has 2 N–H and O–H groups in total. The molecule has 0 unspecified atom stereocenters. The summed E-state index contributed by atoms with van der Waals surface area (Å²) < 4.78 is 13.5. The molecular formula is C19H18FN3O. The van der Waals surface area contributed by atoms with Crippen LogP contribution in [0.25, 0.3) is 21.9 Å². The van der Waals surface area contributed by atoms with Gasteiger partial charge in [0.15, 0.2) is 0 Å². The lowest BCUT2D eigenvalue weighted by molar-refractivity contribution is 0.252. The first-order valence-electron chi connectivity index (χ1n) is 7.78. The molecule has 24 heavy (non-hydrogen) atoms. The van der Waals surface area contributed by atoms with E-state index in [9.17, 15) is 9.18 Å². The summed E-state index contributed by atoms with van der Waals surface area (Å²) in [5.74, 6) is 0.235. The summed E-state index contributed by atoms with van der Waals surface area (Å²) in [5, 5.41) is 7.23. The molecule has 4 nitrogen and oxygen atoms in total. The quantitative estimate of drug-likeness (QED) is 0.746. The second-order valence-electron chi connectivity index (χ2n) is 5.58. The number of fused-ring (bicyclic) bond motifs is 1. The molecule has 122 valence electrons. The molecular weight excluding hydrogens is 305 g/mol. The summed E-state index contributed by atoms with van der Waals surface area (Å²) in [5.41, 5.74) is 2.81. The summed E-state index contributed by atoms with van der Waals surface area (Å²) in [4.78, 5) is 15.8. The van der Waals surface area contributed by atoms with Gasteiger partial charge < -0.3 is 5.32 Å². The van der Waals surface area contributed by atoms with Crippen LogP contribution in [0.2, 0.25) is 0 Å². The molecule has 1 heterocycles. The van der Waals surface area contributed by atoms with Crippen molar-refractivity contribution in [2.45, 2.75) is 13.8 Å². The molecule has 0 fully saturated rings. The van der Waals surface area contributed by atoms with Crippen LogP contribution in [-0.4, -0.2) is 17.6 Å². The number of pyridine rings is 1. The third-order valence-electron chi connectivity index (χ3n) is 3.81. The number of rotatable bonds is 3. The Hall–Kier alpha value is -2.95. The Labute approximate surface area is 139 Å². The fraction of sp³-hybridized carbons (Fsp3) is 0.158. The average Bonchev–Trinajstić information content (AvgIpc) is 2.57. The lowest BCUT2D eigenvalue weighted by Gasteiger charge is -2.09. The molecule has 0 atom stereocenters. The monoisotopic (exact) mass is 323 g/mol. The number of amides is 2. The zero-order valence-electron chi connectivity index (χ0n) is 13.6. The molecule has 1 aromatic heterocycles. The van der Waals surface area contributed by atoms with Crippen molar-refractivity contribution in [3.05, 3.63) is 60.0 Å². The molecule has 0 aliphatic carbocycles. The van der Waals surface area contributed by atoms with Gasteiger partial charge in [0.1, 0.15) is 11.6 Å². The van der Waals surface area contributed by atoms with E-state index in [0.717, 1.165) is 27.5 Å². The highest BCUT2D eigenvalue weighted by atomic mass is 19.1. The van der Waals surface area contributed by atoms with Crippen molar-refractivity contribution in [1.29, 1.82) is 0 Å². The van der Waals surface area contributed by atoms with Crippen LogP contribution in [0.4, 0.5) is 15.0 Å². The fourth-order valence-electron chi connectivity index (χ4n) is 2.60. The van der Waals surface area contributed by atoms with Gasteiger partial charge in [-0.1, -0.05) is 18.2 Å². The van der Waals surface area contributed by atoms with E-state index in [1.807, 2.05) is 38.1 Å². The van der Waals surface area contributed by atoms with E-state index in [-0.39, 0.29) is 11.8 Å². The Bertz CT molecular complexity index is 908. The number of halogens is 1. The summed E-state index contributed by atoms with van der Waals surface area (Å²) in [6, 6.07) is 12.2.